The Morgan fingerprint density at radius 3 is 2.89 bits per heavy atom. The maximum absolute atomic E-state index is 11.3. The molecule has 0 aliphatic rings. The van der Waals surface area contributed by atoms with Crippen molar-refractivity contribution in [2.75, 3.05) is 0 Å². The third kappa shape index (κ3) is 3.94. The number of hydrazine groups is 1. The van der Waals surface area contributed by atoms with Crippen LogP contribution in [0.15, 0.2) is 17.2 Å². The lowest BCUT2D eigenvalue weighted by molar-refractivity contribution is -0.385. The highest BCUT2D eigenvalue weighted by atomic mass is 16.6. The highest BCUT2D eigenvalue weighted by molar-refractivity contribution is 5.74. The van der Waals surface area contributed by atoms with Gasteiger partial charge in [0.2, 0.25) is 5.91 Å². The second-order valence-electron chi connectivity index (χ2n) is 3.57. The average Bonchev–Trinajstić information content (AvgIpc) is 2.35. The molecule has 0 aliphatic carbocycles. The molecule has 0 atom stereocenters. The fourth-order valence-electron chi connectivity index (χ4n) is 1.34. The van der Waals surface area contributed by atoms with E-state index in [4.69, 9.17) is 5.84 Å². The van der Waals surface area contributed by atoms with Crippen molar-refractivity contribution >= 4 is 11.6 Å². The summed E-state index contributed by atoms with van der Waals surface area (Å²) in [5, 5.41) is 10.5. The van der Waals surface area contributed by atoms with Gasteiger partial charge in [0.1, 0.15) is 6.20 Å². The molecule has 0 spiro atoms. The molecule has 1 aromatic rings. The summed E-state index contributed by atoms with van der Waals surface area (Å²) in [6.45, 7) is 0.269. The average molecular weight is 255 g/mol. The number of nitro groups is 1. The Kier molecular flexibility index (Phi) is 4.93. The molecule has 18 heavy (non-hydrogen) atoms. The fourth-order valence-corrected chi connectivity index (χ4v) is 1.34. The lowest BCUT2D eigenvalue weighted by Crippen LogP contribution is -2.29. The molecule has 0 radical (unpaired) electrons. The van der Waals surface area contributed by atoms with Gasteiger partial charge >= 0.3 is 11.4 Å². The summed E-state index contributed by atoms with van der Waals surface area (Å²) in [6, 6.07) is 0. The highest BCUT2D eigenvalue weighted by Crippen LogP contribution is 2.06. The van der Waals surface area contributed by atoms with Crippen molar-refractivity contribution in [2.45, 2.75) is 25.8 Å². The van der Waals surface area contributed by atoms with E-state index in [1.807, 2.05) is 5.43 Å². The number of nitrogens with two attached hydrogens (primary N) is 1. The molecule has 0 unspecified atom stereocenters. The van der Waals surface area contributed by atoms with Crippen LogP contribution in [-0.4, -0.2) is 20.4 Å². The van der Waals surface area contributed by atoms with Gasteiger partial charge in [0, 0.05) is 13.0 Å². The van der Waals surface area contributed by atoms with E-state index < -0.39 is 10.6 Å². The number of rotatable bonds is 6. The second-order valence-corrected chi connectivity index (χ2v) is 3.57. The monoisotopic (exact) mass is 255 g/mol. The molecule has 1 aromatic heterocycles. The first-order valence-electron chi connectivity index (χ1n) is 5.25. The zero-order chi connectivity index (χ0) is 13.5. The normalized spacial score (nSPS) is 10.1. The number of aryl methyl sites for hydroxylation is 1. The van der Waals surface area contributed by atoms with Crippen molar-refractivity contribution in [1.29, 1.82) is 0 Å². The van der Waals surface area contributed by atoms with Gasteiger partial charge in [-0.2, -0.15) is 4.98 Å². The number of hydrogen-bond acceptors (Lipinski definition) is 6. The summed E-state index contributed by atoms with van der Waals surface area (Å²) in [5.41, 5.74) is 1.20. The van der Waals surface area contributed by atoms with E-state index in [1.165, 1.54) is 0 Å². The van der Waals surface area contributed by atoms with Crippen LogP contribution in [0.4, 0.5) is 5.69 Å². The number of amides is 1. The van der Waals surface area contributed by atoms with E-state index in [2.05, 4.69) is 4.98 Å². The lowest BCUT2D eigenvalue weighted by atomic mass is 10.2. The van der Waals surface area contributed by atoms with Crippen LogP contribution in [0.3, 0.4) is 0 Å². The molecule has 0 aromatic carbocycles. The number of carbonyl (C=O) groups is 1. The largest absolute Gasteiger partial charge is 0.347 e. The maximum atomic E-state index is 11.3. The molecule has 0 aliphatic heterocycles. The van der Waals surface area contributed by atoms with Crippen LogP contribution in [-0.2, 0) is 11.3 Å². The van der Waals surface area contributed by atoms with Gasteiger partial charge in [-0.05, 0) is 12.8 Å². The van der Waals surface area contributed by atoms with Gasteiger partial charge in [-0.1, -0.05) is 0 Å². The molecular weight excluding hydrogens is 242 g/mol. The predicted molar refractivity (Wildman–Crippen MR) is 61.3 cm³/mol. The third-order valence-electron chi connectivity index (χ3n) is 2.27. The summed E-state index contributed by atoms with van der Waals surface area (Å²) in [6.07, 6.45) is 3.35. The molecule has 0 bridgehead atoms. The molecule has 98 valence electrons. The van der Waals surface area contributed by atoms with Crippen molar-refractivity contribution in [1.82, 2.24) is 15.0 Å². The Balaban J connectivity index is 2.56. The van der Waals surface area contributed by atoms with Crippen molar-refractivity contribution in [3.05, 3.63) is 33.0 Å². The summed E-state index contributed by atoms with van der Waals surface area (Å²) in [5.74, 6) is 4.61. The molecule has 9 heteroatoms. The van der Waals surface area contributed by atoms with Crippen molar-refractivity contribution in [2.24, 2.45) is 5.84 Å². The van der Waals surface area contributed by atoms with Crippen LogP contribution < -0.4 is 17.0 Å². The molecule has 1 amide bonds. The van der Waals surface area contributed by atoms with Gasteiger partial charge in [-0.25, -0.2) is 10.6 Å². The van der Waals surface area contributed by atoms with E-state index in [-0.39, 0.29) is 24.6 Å². The van der Waals surface area contributed by atoms with E-state index in [1.54, 1.807) is 0 Å². The number of nitrogens with zero attached hydrogens (tertiary/aromatic N) is 3. The SMILES string of the molecule is NNC(=O)CCCCn1cc([N+](=O)[O-])cnc1=O. The van der Waals surface area contributed by atoms with Crippen molar-refractivity contribution < 1.29 is 9.72 Å². The Bertz CT molecular complexity index is 498. The minimum Gasteiger partial charge on any atom is -0.294 e. The van der Waals surface area contributed by atoms with E-state index in [0.717, 1.165) is 17.0 Å². The van der Waals surface area contributed by atoms with Crippen LogP contribution in [0, 0.1) is 10.1 Å². The smallest absolute Gasteiger partial charge is 0.294 e. The lowest BCUT2D eigenvalue weighted by Gasteiger charge is -2.04. The number of aromatic nitrogens is 2. The van der Waals surface area contributed by atoms with E-state index >= 15 is 0 Å². The first-order valence-corrected chi connectivity index (χ1v) is 5.25. The van der Waals surface area contributed by atoms with Crippen LogP contribution in [0.25, 0.3) is 0 Å². The summed E-state index contributed by atoms with van der Waals surface area (Å²) in [4.78, 5) is 35.4. The first-order chi connectivity index (χ1) is 8.54. The topological polar surface area (TPSA) is 133 Å². The predicted octanol–water partition coefficient (Wildman–Crippen LogP) is -0.688. The Morgan fingerprint density at radius 2 is 2.28 bits per heavy atom. The zero-order valence-electron chi connectivity index (χ0n) is 9.54. The van der Waals surface area contributed by atoms with Gasteiger partial charge < -0.3 is 0 Å². The Labute approximate surface area is 102 Å². The van der Waals surface area contributed by atoms with Gasteiger partial charge in [0.15, 0.2) is 0 Å². The van der Waals surface area contributed by atoms with Gasteiger partial charge in [0.25, 0.3) is 0 Å². The standard InChI is InChI=1S/C9H13N5O4/c10-12-8(15)3-1-2-4-13-6-7(14(17)18)5-11-9(13)16/h5-6H,1-4,10H2,(H,12,15). The summed E-state index contributed by atoms with van der Waals surface area (Å²) in [7, 11) is 0. The molecule has 0 saturated heterocycles. The van der Waals surface area contributed by atoms with Crippen LogP contribution in [0.2, 0.25) is 0 Å². The molecule has 3 N–H and O–H groups in total. The van der Waals surface area contributed by atoms with Crippen molar-refractivity contribution in [3.8, 4) is 0 Å². The second kappa shape index (κ2) is 6.45. The Hall–Kier alpha value is -2.29. The third-order valence-corrected chi connectivity index (χ3v) is 2.27. The molecule has 0 saturated carbocycles. The van der Waals surface area contributed by atoms with E-state index in [0.29, 0.717) is 12.8 Å². The molecule has 1 heterocycles. The molecule has 1 rings (SSSR count). The van der Waals surface area contributed by atoms with Gasteiger partial charge in [-0.3, -0.25) is 24.9 Å². The minimum absolute atomic E-state index is 0.241. The number of unbranched alkanes of at least 4 members (excludes halogenated alkanes) is 1. The van der Waals surface area contributed by atoms with Crippen LogP contribution >= 0.6 is 0 Å². The highest BCUT2D eigenvalue weighted by Gasteiger charge is 2.08. The number of hydrogen-bond donors (Lipinski definition) is 2. The molecule has 9 nitrogen and oxygen atoms in total. The number of nitrogens with one attached hydrogen (secondary N) is 1. The summed E-state index contributed by atoms with van der Waals surface area (Å²) >= 11 is 0. The number of carbonyl (C=O) groups excluding carboxylic acids is 1. The summed E-state index contributed by atoms with van der Waals surface area (Å²) < 4.78 is 1.15. The van der Waals surface area contributed by atoms with Crippen LogP contribution in [0.5, 0.6) is 0 Å². The van der Waals surface area contributed by atoms with Gasteiger partial charge in [0.05, 0.1) is 11.1 Å². The van der Waals surface area contributed by atoms with Crippen molar-refractivity contribution in [3.63, 3.8) is 0 Å². The fraction of sp³-hybridized carbons (Fsp3) is 0.444. The van der Waals surface area contributed by atoms with Gasteiger partial charge in [-0.15, -0.1) is 0 Å². The molecular formula is C9H13N5O4. The molecule has 0 fully saturated rings. The zero-order valence-corrected chi connectivity index (χ0v) is 9.54. The minimum atomic E-state index is -0.620. The Morgan fingerprint density at radius 1 is 1.56 bits per heavy atom. The van der Waals surface area contributed by atoms with E-state index in [9.17, 15) is 19.7 Å². The van der Waals surface area contributed by atoms with Crippen LogP contribution in [0.1, 0.15) is 19.3 Å². The first kappa shape index (κ1) is 13.8. The maximum Gasteiger partial charge on any atom is 0.347 e. The quantitative estimate of drug-likeness (QED) is 0.227.